The summed E-state index contributed by atoms with van der Waals surface area (Å²) in [6.45, 7) is 10.2. The van der Waals surface area contributed by atoms with Crippen LogP contribution in [0.3, 0.4) is 0 Å². The van der Waals surface area contributed by atoms with Crippen molar-refractivity contribution in [3.8, 4) is 5.75 Å². The summed E-state index contributed by atoms with van der Waals surface area (Å²) in [6.07, 6.45) is 0. The normalized spacial score (nSPS) is 15.2. The van der Waals surface area contributed by atoms with E-state index in [-0.39, 0.29) is 0 Å². The number of aryl methyl sites for hydroxylation is 1. The van der Waals surface area contributed by atoms with Crippen molar-refractivity contribution in [2.75, 3.05) is 32.7 Å². The van der Waals surface area contributed by atoms with Crippen molar-refractivity contribution in [1.82, 2.24) is 9.80 Å². The Morgan fingerprint density at radius 3 is 2.20 bits per heavy atom. The van der Waals surface area contributed by atoms with E-state index < -0.39 is 0 Å². The van der Waals surface area contributed by atoms with Crippen LogP contribution in [0.4, 0.5) is 0 Å². The number of nitrogens with zero attached hydrogens (tertiary/aromatic N) is 2. The molecule has 1 saturated heterocycles. The maximum atomic E-state index is 5.88. The topological polar surface area (TPSA) is 15.7 Å². The summed E-state index contributed by atoms with van der Waals surface area (Å²) in [5, 5.41) is 0. The summed E-state index contributed by atoms with van der Waals surface area (Å²) in [4.78, 5) is 5.71. The van der Waals surface area contributed by atoms with Crippen molar-refractivity contribution >= 4 is 17.2 Å². The number of benzene rings is 2. The fraction of sp³-hybridized carbons (Fsp3) is 0.381. The molecule has 0 amide bonds. The van der Waals surface area contributed by atoms with Gasteiger partial charge in [0, 0.05) is 31.7 Å². The highest BCUT2D eigenvalue weighted by Crippen LogP contribution is 2.17. The van der Waals surface area contributed by atoms with Crippen molar-refractivity contribution in [3.05, 3.63) is 65.2 Å². The van der Waals surface area contributed by atoms with Crippen LogP contribution in [0.2, 0.25) is 0 Å². The van der Waals surface area contributed by atoms with Gasteiger partial charge in [-0.25, -0.2) is 0 Å². The first-order valence-corrected chi connectivity index (χ1v) is 9.36. The van der Waals surface area contributed by atoms with Crippen LogP contribution in [0.15, 0.2) is 48.5 Å². The molecule has 2 aromatic carbocycles. The summed E-state index contributed by atoms with van der Waals surface area (Å²) in [5.74, 6) is 0.878. The second-order valence-corrected chi connectivity index (χ2v) is 6.91. The van der Waals surface area contributed by atoms with Gasteiger partial charge in [0.15, 0.2) is 0 Å². The molecule has 1 heterocycles. The zero-order valence-corrected chi connectivity index (χ0v) is 15.9. The van der Waals surface area contributed by atoms with Gasteiger partial charge in [0.2, 0.25) is 0 Å². The SMILES string of the molecule is CCN1CCN(C(=S)c2ccc(OCc3ccc(C)cc3)cc2)CC1. The number of ether oxygens (including phenoxy) is 1. The number of rotatable bonds is 5. The van der Waals surface area contributed by atoms with Crippen LogP contribution < -0.4 is 4.74 Å². The third-order valence-corrected chi connectivity index (χ3v) is 5.23. The van der Waals surface area contributed by atoms with E-state index in [1.54, 1.807) is 0 Å². The molecule has 0 radical (unpaired) electrons. The van der Waals surface area contributed by atoms with Gasteiger partial charge in [-0.1, -0.05) is 49.0 Å². The molecule has 25 heavy (non-hydrogen) atoms. The Morgan fingerprint density at radius 1 is 0.960 bits per heavy atom. The summed E-state index contributed by atoms with van der Waals surface area (Å²) < 4.78 is 5.88. The molecule has 3 nitrogen and oxygen atoms in total. The molecule has 0 bridgehead atoms. The zero-order chi connectivity index (χ0) is 17.6. The summed E-state index contributed by atoms with van der Waals surface area (Å²) in [6, 6.07) is 16.6. The quantitative estimate of drug-likeness (QED) is 0.757. The highest BCUT2D eigenvalue weighted by molar-refractivity contribution is 7.80. The van der Waals surface area contributed by atoms with Crippen LogP contribution in [0.1, 0.15) is 23.6 Å². The molecule has 2 aromatic rings. The Hall–Kier alpha value is -1.91. The fourth-order valence-electron chi connectivity index (χ4n) is 2.99. The number of likely N-dealkylation sites (N-methyl/N-ethyl adjacent to an activating group) is 1. The minimum absolute atomic E-state index is 0.586. The average molecular weight is 355 g/mol. The van der Waals surface area contributed by atoms with E-state index in [4.69, 9.17) is 17.0 Å². The van der Waals surface area contributed by atoms with E-state index in [1.165, 1.54) is 11.1 Å². The van der Waals surface area contributed by atoms with Gasteiger partial charge in [0.05, 0.1) is 0 Å². The van der Waals surface area contributed by atoms with Gasteiger partial charge < -0.3 is 14.5 Å². The van der Waals surface area contributed by atoms with Gasteiger partial charge in [0.25, 0.3) is 0 Å². The molecule has 0 N–H and O–H groups in total. The number of piperazine rings is 1. The summed E-state index contributed by atoms with van der Waals surface area (Å²) >= 11 is 5.68. The first kappa shape index (κ1) is 17.9. The molecule has 0 aliphatic carbocycles. The van der Waals surface area contributed by atoms with Crippen molar-refractivity contribution in [2.45, 2.75) is 20.5 Å². The molecule has 4 heteroatoms. The van der Waals surface area contributed by atoms with Crippen molar-refractivity contribution in [2.24, 2.45) is 0 Å². The van der Waals surface area contributed by atoms with Crippen molar-refractivity contribution < 1.29 is 4.74 Å². The maximum absolute atomic E-state index is 5.88. The summed E-state index contributed by atoms with van der Waals surface area (Å²) in [7, 11) is 0. The third kappa shape index (κ3) is 4.80. The van der Waals surface area contributed by atoms with E-state index in [9.17, 15) is 0 Å². The minimum Gasteiger partial charge on any atom is -0.489 e. The molecule has 0 spiro atoms. The van der Waals surface area contributed by atoms with Crippen LogP contribution in [0.5, 0.6) is 5.75 Å². The highest BCUT2D eigenvalue weighted by Gasteiger charge is 2.18. The summed E-state index contributed by atoms with van der Waals surface area (Å²) in [5.41, 5.74) is 3.54. The predicted octanol–water partition coefficient (Wildman–Crippen LogP) is 3.89. The highest BCUT2D eigenvalue weighted by atomic mass is 32.1. The third-order valence-electron chi connectivity index (χ3n) is 4.73. The first-order valence-electron chi connectivity index (χ1n) is 8.96. The largest absolute Gasteiger partial charge is 0.489 e. The Bertz CT molecular complexity index is 689. The second-order valence-electron chi connectivity index (χ2n) is 6.53. The molecular weight excluding hydrogens is 328 g/mol. The lowest BCUT2D eigenvalue weighted by Gasteiger charge is -2.35. The van der Waals surface area contributed by atoms with Crippen molar-refractivity contribution in [3.63, 3.8) is 0 Å². The molecule has 1 aliphatic rings. The molecule has 1 aliphatic heterocycles. The monoisotopic (exact) mass is 354 g/mol. The molecule has 0 saturated carbocycles. The van der Waals surface area contributed by atoms with Crippen LogP contribution in [0, 0.1) is 6.92 Å². The minimum atomic E-state index is 0.586. The van der Waals surface area contributed by atoms with Gasteiger partial charge >= 0.3 is 0 Å². The lowest BCUT2D eigenvalue weighted by molar-refractivity contribution is 0.192. The van der Waals surface area contributed by atoms with Crippen LogP contribution >= 0.6 is 12.2 Å². The zero-order valence-electron chi connectivity index (χ0n) is 15.1. The average Bonchev–Trinajstić information content (AvgIpc) is 2.67. The van der Waals surface area contributed by atoms with Crippen molar-refractivity contribution in [1.29, 1.82) is 0 Å². The molecule has 132 valence electrons. The van der Waals surface area contributed by atoms with Crippen LogP contribution in [-0.4, -0.2) is 47.5 Å². The lowest BCUT2D eigenvalue weighted by Crippen LogP contribution is -2.48. The van der Waals surface area contributed by atoms with Gasteiger partial charge in [-0.15, -0.1) is 0 Å². The molecule has 1 fully saturated rings. The predicted molar refractivity (Wildman–Crippen MR) is 107 cm³/mol. The molecular formula is C21H26N2OS. The first-order chi connectivity index (χ1) is 12.2. The fourth-order valence-corrected chi connectivity index (χ4v) is 3.31. The Kier molecular flexibility index (Phi) is 6.05. The standard InChI is InChI=1S/C21H26N2OS/c1-3-22-12-14-23(15-13-22)21(25)19-8-10-20(11-9-19)24-16-18-6-4-17(2)5-7-18/h4-11H,3,12-16H2,1-2H3. The van der Waals surface area contributed by atoms with E-state index >= 15 is 0 Å². The lowest BCUT2D eigenvalue weighted by atomic mass is 10.1. The molecule has 0 aromatic heterocycles. The Labute approximate surface area is 156 Å². The number of hydrogen-bond donors (Lipinski definition) is 0. The van der Waals surface area contributed by atoms with E-state index in [2.05, 4.69) is 60.0 Å². The molecule has 0 unspecified atom stereocenters. The van der Waals surface area contributed by atoms with E-state index in [1.807, 2.05) is 12.1 Å². The van der Waals surface area contributed by atoms with E-state index in [0.29, 0.717) is 6.61 Å². The Morgan fingerprint density at radius 2 is 1.60 bits per heavy atom. The van der Waals surface area contributed by atoms with Crippen LogP contribution in [-0.2, 0) is 6.61 Å². The number of hydrogen-bond acceptors (Lipinski definition) is 3. The van der Waals surface area contributed by atoms with E-state index in [0.717, 1.165) is 49.0 Å². The van der Waals surface area contributed by atoms with Gasteiger partial charge in [-0.3, -0.25) is 0 Å². The number of thiocarbonyl (C=S) groups is 1. The van der Waals surface area contributed by atoms with Crippen LogP contribution in [0.25, 0.3) is 0 Å². The van der Waals surface area contributed by atoms with Gasteiger partial charge in [0.1, 0.15) is 17.3 Å². The maximum Gasteiger partial charge on any atom is 0.119 e. The van der Waals surface area contributed by atoms with Gasteiger partial charge in [-0.2, -0.15) is 0 Å². The Balaban J connectivity index is 1.54. The smallest absolute Gasteiger partial charge is 0.119 e. The molecule has 3 rings (SSSR count). The molecule has 0 atom stereocenters. The second kappa shape index (κ2) is 8.45. The van der Waals surface area contributed by atoms with Gasteiger partial charge in [-0.05, 0) is 43.3 Å².